The number of aliphatic hydroxyl groups is 1. The van der Waals surface area contributed by atoms with E-state index in [0.717, 1.165) is 12.2 Å². The van der Waals surface area contributed by atoms with E-state index in [9.17, 15) is 9.90 Å². The van der Waals surface area contributed by atoms with Gasteiger partial charge in [0.05, 0.1) is 6.54 Å². The van der Waals surface area contributed by atoms with Crippen molar-refractivity contribution < 1.29 is 14.3 Å². The van der Waals surface area contributed by atoms with Crippen LogP contribution in [0.25, 0.3) is 0 Å². The highest BCUT2D eigenvalue weighted by molar-refractivity contribution is 7.09. The lowest BCUT2D eigenvalue weighted by atomic mass is 10.0. The molecule has 0 aliphatic carbocycles. The van der Waals surface area contributed by atoms with E-state index in [1.807, 2.05) is 31.4 Å². The third kappa shape index (κ3) is 4.61. The summed E-state index contributed by atoms with van der Waals surface area (Å²) in [6.45, 7) is 5.46. The fraction of sp³-hybridized carbons (Fsp3) is 0.438. The van der Waals surface area contributed by atoms with E-state index >= 15 is 0 Å². The Kier molecular flexibility index (Phi) is 5.26. The molecule has 0 aromatic carbocycles. The summed E-state index contributed by atoms with van der Waals surface area (Å²) in [6, 6.07) is 7.27. The van der Waals surface area contributed by atoms with Gasteiger partial charge in [0.15, 0.2) is 0 Å². The number of hydrogen-bond donors (Lipinski definition) is 3. The Bertz CT molecular complexity index is 605. The third-order valence-electron chi connectivity index (χ3n) is 3.33. The maximum Gasteiger partial charge on any atom is 0.315 e. The number of carbonyl (C=O) groups is 1. The molecule has 0 aliphatic rings. The van der Waals surface area contributed by atoms with Crippen LogP contribution in [0.5, 0.6) is 0 Å². The molecule has 5 nitrogen and oxygen atoms in total. The smallest absolute Gasteiger partial charge is 0.315 e. The summed E-state index contributed by atoms with van der Waals surface area (Å²) in [5.74, 6) is 1.17. The normalized spacial score (nSPS) is 15.1. The number of nitrogens with one attached hydrogen (secondary N) is 2. The number of rotatable bonds is 6. The van der Waals surface area contributed by atoms with E-state index in [2.05, 4.69) is 10.6 Å². The van der Waals surface area contributed by atoms with Crippen LogP contribution in [0.15, 0.2) is 34.1 Å². The number of carbonyl (C=O) groups excluding carboxylic acids is 1. The van der Waals surface area contributed by atoms with Crippen LogP contribution in [0.4, 0.5) is 4.79 Å². The molecule has 3 N–H and O–H groups in total. The minimum absolute atomic E-state index is 0.0226. The van der Waals surface area contributed by atoms with Crippen LogP contribution in [0.2, 0.25) is 0 Å². The van der Waals surface area contributed by atoms with Gasteiger partial charge >= 0.3 is 6.03 Å². The van der Waals surface area contributed by atoms with Gasteiger partial charge < -0.3 is 20.2 Å². The van der Waals surface area contributed by atoms with Crippen molar-refractivity contribution in [2.75, 3.05) is 6.54 Å². The van der Waals surface area contributed by atoms with Crippen molar-refractivity contribution in [2.45, 2.75) is 38.8 Å². The molecule has 2 amide bonds. The van der Waals surface area contributed by atoms with E-state index in [0.29, 0.717) is 5.76 Å². The van der Waals surface area contributed by atoms with Crippen molar-refractivity contribution in [2.24, 2.45) is 0 Å². The first kappa shape index (κ1) is 16.6. The quantitative estimate of drug-likeness (QED) is 0.765. The molecule has 0 unspecified atom stereocenters. The van der Waals surface area contributed by atoms with E-state index in [4.69, 9.17) is 4.42 Å². The van der Waals surface area contributed by atoms with Gasteiger partial charge in [0.1, 0.15) is 17.1 Å². The average molecular weight is 322 g/mol. The molecule has 2 aromatic rings. The van der Waals surface area contributed by atoms with E-state index < -0.39 is 5.60 Å². The van der Waals surface area contributed by atoms with Crippen molar-refractivity contribution >= 4 is 17.4 Å². The van der Waals surface area contributed by atoms with Gasteiger partial charge in [0.25, 0.3) is 0 Å². The van der Waals surface area contributed by atoms with E-state index in [-0.39, 0.29) is 18.6 Å². The molecule has 22 heavy (non-hydrogen) atoms. The molecule has 2 heterocycles. The molecular weight excluding hydrogens is 300 g/mol. The lowest BCUT2D eigenvalue weighted by molar-refractivity contribution is 0.0359. The molecule has 0 aliphatic heterocycles. The lowest BCUT2D eigenvalue weighted by Gasteiger charge is -2.22. The lowest BCUT2D eigenvalue weighted by Crippen LogP contribution is -2.46. The first-order chi connectivity index (χ1) is 10.4. The average Bonchev–Trinajstić information content (AvgIpc) is 3.08. The van der Waals surface area contributed by atoms with Crippen molar-refractivity contribution in [3.63, 3.8) is 0 Å². The Morgan fingerprint density at radius 3 is 2.82 bits per heavy atom. The standard InChI is InChI=1S/C16H22N2O3S/c1-11(9-13-5-4-8-22-13)18-15(19)17-10-16(3,20)14-7-6-12(2)21-14/h4-8,11,20H,9-10H2,1-3H3,(H2,17,18,19)/t11-,16-/m0/s1. The maximum atomic E-state index is 11.9. The summed E-state index contributed by atoms with van der Waals surface area (Å²) in [6.07, 6.45) is 0.791. The first-order valence-corrected chi connectivity index (χ1v) is 8.11. The largest absolute Gasteiger partial charge is 0.463 e. The number of aryl methyl sites for hydroxylation is 1. The van der Waals surface area contributed by atoms with Crippen LogP contribution in [-0.2, 0) is 12.0 Å². The van der Waals surface area contributed by atoms with Crippen molar-refractivity contribution in [1.29, 1.82) is 0 Å². The molecule has 0 saturated heterocycles. The number of thiophene rings is 1. The van der Waals surface area contributed by atoms with Crippen molar-refractivity contribution in [3.8, 4) is 0 Å². The molecule has 0 radical (unpaired) electrons. The predicted molar refractivity (Wildman–Crippen MR) is 87.0 cm³/mol. The molecule has 0 spiro atoms. The predicted octanol–water partition coefficient (Wildman–Crippen LogP) is 2.79. The zero-order valence-corrected chi connectivity index (χ0v) is 13.9. The molecule has 2 aromatic heterocycles. The van der Waals surface area contributed by atoms with E-state index in [1.165, 1.54) is 4.88 Å². The summed E-state index contributed by atoms with van der Waals surface area (Å²) < 4.78 is 5.41. The summed E-state index contributed by atoms with van der Waals surface area (Å²) in [4.78, 5) is 13.1. The number of hydrogen-bond acceptors (Lipinski definition) is 4. The Labute approximate surface area is 134 Å². The van der Waals surface area contributed by atoms with Crippen LogP contribution in [0.3, 0.4) is 0 Å². The zero-order chi connectivity index (χ0) is 16.2. The summed E-state index contributed by atoms with van der Waals surface area (Å²) >= 11 is 1.67. The molecule has 0 bridgehead atoms. The highest BCUT2D eigenvalue weighted by Gasteiger charge is 2.27. The van der Waals surface area contributed by atoms with Crippen LogP contribution in [0.1, 0.15) is 30.2 Å². The van der Waals surface area contributed by atoms with E-state index in [1.54, 1.807) is 30.4 Å². The summed E-state index contributed by atoms with van der Waals surface area (Å²) in [5.41, 5.74) is -1.23. The monoisotopic (exact) mass is 322 g/mol. The fourth-order valence-electron chi connectivity index (χ4n) is 2.12. The number of urea groups is 1. The SMILES string of the molecule is Cc1ccc([C@@](C)(O)CNC(=O)N[C@@H](C)Cc2cccs2)o1. The minimum Gasteiger partial charge on any atom is -0.463 e. The van der Waals surface area contributed by atoms with Crippen molar-refractivity contribution in [1.82, 2.24) is 10.6 Å². The number of furan rings is 1. The summed E-state index contributed by atoms with van der Waals surface area (Å²) in [7, 11) is 0. The van der Waals surface area contributed by atoms with Crippen LogP contribution >= 0.6 is 11.3 Å². The van der Waals surface area contributed by atoms with Crippen molar-refractivity contribution in [3.05, 3.63) is 46.0 Å². The third-order valence-corrected chi connectivity index (χ3v) is 4.23. The molecular formula is C16H22N2O3S. The van der Waals surface area contributed by atoms with Crippen LogP contribution in [0, 0.1) is 6.92 Å². The molecule has 2 atom stereocenters. The van der Waals surface area contributed by atoms with Gasteiger partial charge in [-0.1, -0.05) is 6.07 Å². The Balaban J connectivity index is 1.79. The van der Waals surface area contributed by atoms with Gasteiger partial charge in [-0.05, 0) is 44.4 Å². The number of amides is 2. The maximum absolute atomic E-state index is 11.9. The second-order valence-electron chi connectivity index (χ2n) is 5.70. The van der Waals surface area contributed by atoms with Gasteiger partial charge in [0, 0.05) is 17.3 Å². The van der Waals surface area contributed by atoms with Gasteiger partial charge in [-0.2, -0.15) is 0 Å². The van der Waals surface area contributed by atoms with Gasteiger partial charge in [-0.25, -0.2) is 4.79 Å². The molecule has 120 valence electrons. The van der Waals surface area contributed by atoms with Gasteiger partial charge in [0.2, 0.25) is 0 Å². The highest BCUT2D eigenvalue weighted by Crippen LogP contribution is 2.21. The molecule has 2 rings (SSSR count). The second-order valence-corrected chi connectivity index (χ2v) is 6.73. The highest BCUT2D eigenvalue weighted by atomic mass is 32.1. The Morgan fingerprint density at radius 1 is 1.45 bits per heavy atom. The van der Waals surface area contributed by atoms with Crippen LogP contribution < -0.4 is 10.6 Å². The second kappa shape index (κ2) is 6.98. The zero-order valence-electron chi connectivity index (χ0n) is 13.1. The molecule has 0 saturated carbocycles. The fourth-order valence-corrected chi connectivity index (χ4v) is 2.96. The first-order valence-electron chi connectivity index (χ1n) is 7.23. The van der Waals surface area contributed by atoms with Crippen LogP contribution in [-0.4, -0.2) is 23.7 Å². The summed E-state index contributed by atoms with van der Waals surface area (Å²) in [5, 5.41) is 17.9. The minimum atomic E-state index is -1.23. The molecule has 6 heteroatoms. The van der Waals surface area contributed by atoms with Gasteiger partial charge in [-0.15, -0.1) is 11.3 Å². The Hall–Kier alpha value is -1.79. The topological polar surface area (TPSA) is 74.5 Å². The molecule has 0 fully saturated rings. The Morgan fingerprint density at radius 2 is 2.23 bits per heavy atom. The van der Waals surface area contributed by atoms with Gasteiger partial charge in [-0.3, -0.25) is 0 Å².